The molecule has 0 rings (SSSR count). The smallest absolute Gasteiger partial charge is 0.164 e. The van der Waals surface area contributed by atoms with Crippen LogP contribution < -0.4 is 11.4 Å². The summed E-state index contributed by atoms with van der Waals surface area (Å²) < 4.78 is 0. The molecule has 0 spiro atoms. The fraction of sp³-hybridized carbons (Fsp3) is 0.800. The highest BCUT2D eigenvalue weighted by atomic mass is 16.7. The van der Waals surface area contributed by atoms with Gasteiger partial charge in [-0.25, -0.2) is 5.84 Å². The number of nitrogens with one attached hydrogen (secondary N) is 1. The lowest BCUT2D eigenvalue weighted by molar-refractivity contribution is -0.148. The maximum atomic E-state index is 10.2. The van der Waals surface area contributed by atoms with Gasteiger partial charge in [0.25, 0.3) is 0 Å². The number of aliphatic hydroxyl groups excluding tert-OH is 3. The van der Waals surface area contributed by atoms with Crippen LogP contribution >= 0.6 is 0 Å². The fourth-order valence-corrected chi connectivity index (χ4v) is 0.584. The number of aliphatic hydroxyl groups is 3. The van der Waals surface area contributed by atoms with E-state index in [2.05, 4.69) is 4.84 Å². The summed E-state index contributed by atoms with van der Waals surface area (Å²) in [5.74, 6) is 4.70. The molecule has 3 unspecified atom stereocenters. The highest BCUT2D eigenvalue weighted by Gasteiger charge is 2.26. The van der Waals surface area contributed by atoms with E-state index >= 15 is 0 Å². The molecule has 72 valence electrons. The van der Waals surface area contributed by atoms with Crippen LogP contribution in [0, 0.1) is 0 Å². The number of carbonyl (C=O) groups excluding carboxylic acids is 1. The average molecular weight is 180 g/mol. The van der Waals surface area contributed by atoms with Crippen molar-refractivity contribution in [1.29, 1.82) is 0 Å². The SMILES string of the molecule is NNOC(C=O)C(O)C(O)CO. The van der Waals surface area contributed by atoms with Crippen LogP contribution in [-0.2, 0) is 9.63 Å². The van der Waals surface area contributed by atoms with Crippen molar-refractivity contribution in [2.24, 2.45) is 5.84 Å². The molecule has 0 aliphatic heterocycles. The third-order valence-electron chi connectivity index (χ3n) is 1.26. The minimum absolute atomic E-state index is 0.253. The van der Waals surface area contributed by atoms with Gasteiger partial charge in [0.05, 0.1) is 6.61 Å². The minimum Gasteiger partial charge on any atom is -0.394 e. The zero-order valence-corrected chi connectivity index (χ0v) is 6.25. The normalized spacial score (nSPS) is 18.3. The molecule has 7 heteroatoms. The van der Waals surface area contributed by atoms with Crippen molar-refractivity contribution in [3.8, 4) is 0 Å². The monoisotopic (exact) mass is 180 g/mol. The van der Waals surface area contributed by atoms with E-state index in [1.54, 1.807) is 5.59 Å². The molecule has 0 aromatic heterocycles. The van der Waals surface area contributed by atoms with Crippen molar-refractivity contribution in [2.45, 2.75) is 18.3 Å². The third-order valence-corrected chi connectivity index (χ3v) is 1.26. The van der Waals surface area contributed by atoms with Gasteiger partial charge >= 0.3 is 0 Å². The first-order valence-electron chi connectivity index (χ1n) is 3.21. The third kappa shape index (κ3) is 3.22. The molecule has 0 aromatic carbocycles. The Morgan fingerprint density at radius 2 is 2.17 bits per heavy atom. The first kappa shape index (κ1) is 11.4. The Morgan fingerprint density at radius 1 is 1.58 bits per heavy atom. The summed E-state index contributed by atoms with van der Waals surface area (Å²) in [6, 6.07) is 0. The van der Waals surface area contributed by atoms with Crippen molar-refractivity contribution in [3.05, 3.63) is 0 Å². The molecule has 12 heavy (non-hydrogen) atoms. The van der Waals surface area contributed by atoms with Crippen molar-refractivity contribution >= 4 is 6.29 Å². The van der Waals surface area contributed by atoms with Gasteiger partial charge in [-0.3, -0.25) is 4.84 Å². The molecule has 3 atom stereocenters. The second-order valence-corrected chi connectivity index (χ2v) is 2.08. The average Bonchev–Trinajstić information content (AvgIpc) is 2.11. The number of hydrazine groups is 1. The molecular weight excluding hydrogens is 168 g/mol. The van der Waals surface area contributed by atoms with E-state index in [1.807, 2.05) is 0 Å². The zero-order valence-electron chi connectivity index (χ0n) is 6.25. The summed E-state index contributed by atoms with van der Waals surface area (Å²) in [7, 11) is 0. The van der Waals surface area contributed by atoms with E-state index in [-0.39, 0.29) is 6.29 Å². The van der Waals surface area contributed by atoms with Gasteiger partial charge < -0.3 is 20.1 Å². The number of nitrogens with two attached hydrogens (primary N) is 1. The molecule has 0 radical (unpaired) electrons. The summed E-state index contributed by atoms with van der Waals surface area (Å²) >= 11 is 0. The van der Waals surface area contributed by atoms with E-state index in [4.69, 9.17) is 21.2 Å². The molecule has 0 aromatic rings. The van der Waals surface area contributed by atoms with Crippen molar-refractivity contribution in [2.75, 3.05) is 6.61 Å². The Balaban J connectivity index is 4.00. The van der Waals surface area contributed by atoms with Crippen LogP contribution in [0.5, 0.6) is 0 Å². The van der Waals surface area contributed by atoms with E-state index in [0.29, 0.717) is 0 Å². The van der Waals surface area contributed by atoms with Crippen LogP contribution in [-0.4, -0.2) is 46.5 Å². The van der Waals surface area contributed by atoms with Crippen molar-refractivity contribution < 1.29 is 25.0 Å². The Morgan fingerprint density at radius 3 is 2.50 bits per heavy atom. The molecule has 0 saturated carbocycles. The molecule has 0 amide bonds. The standard InChI is InChI=1S/C5H12N2O5/c6-7-12-4(2-9)5(11)3(10)1-8/h2-5,7-8,10-11H,1,6H2. The molecule has 7 nitrogen and oxygen atoms in total. The van der Waals surface area contributed by atoms with Crippen LogP contribution in [0.3, 0.4) is 0 Å². The predicted octanol–water partition coefficient (Wildman–Crippen LogP) is -3.34. The second kappa shape index (κ2) is 6.00. The Labute approximate surface area is 68.7 Å². The number of hydrogen-bond acceptors (Lipinski definition) is 7. The second-order valence-electron chi connectivity index (χ2n) is 2.08. The van der Waals surface area contributed by atoms with Crippen LogP contribution in [0.4, 0.5) is 0 Å². The minimum atomic E-state index is -1.51. The van der Waals surface area contributed by atoms with Gasteiger partial charge in [0.2, 0.25) is 0 Å². The molecule has 0 fully saturated rings. The summed E-state index contributed by atoms with van der Waals surface area (Å²) in [5, 5.41) is 26.3. The van der Waals surface area contributed by atoms with E-state index in [1.165, 1.54) is 0 Å². The van der Waals surface area contributed by atoms with Crippen LogP contribution in [0.2, 0.25) is 0 Å². The number of rotatable bonds is 6. The highest BCUT2D eigenvalue weighted by Crippen LogP contribution is 2.00. The van der Waals surface area contributed by atoms with Gasteiger partial charge in [-0.05, 0) is 0 Å². The van der Waals surface area contributed by atoms with Gasteiger partial charge in [0.1, 0.15) is 12.2 Å². The number of aldehydes is 1. The first-order chi connectivity index (χ1) is 5.67. The molecule has 0 aliphatic carbocycles. The predicted molar refractivity (Wildman–Crippen MR) is 37.4 cm³/mol. The van der Waals surface area contributed by atoms with Crippen molar-refractivity contribution in [1.82, 2.24) is 5.59 Å². The zero-order chi connectivity index (χ0) is 9.56. The Bertz CT molecular complexity index is 133. The number of carbonyl (C=O) groups is 1. The fourth-order valence-electron chi connectivity index (χ4n) is 0.584. The highest BCUT2D eigenvalue weighted by molar-refractivity contribution is 5.57. The molecule has 0 heterocycles. The molecule has 0 saturated heterocycles. The van der Waals surface area contributed by atoms with Crippen molar-refractivity contribution in [3.63, 3.8) is 0 Å². The van der Waals surface area contributed by atoms with Gasteiger partial charge in [0.15, 0.2) is 12.4 Å². The lowest BCUT2D eigenvalue weighted by Gasteiger charge is -2.20. The van der Waals surface area contributed by atoms with Gasteiger partial charge in [-0.2, -0.15) is 0 Å². The summed E-state index contributed by atoms with van der Waals surface area (Å²) in [4.78, 5) is 14.5. The van der Waals surface area contributed by atoms with Crippen LogP contribution in [0.15, 0.2) is 0 Å². The summed E-state index contributed by atoms with van der Waals surface area (Å²) in [6.07, 6.45) is -4.00. The van der Waals surface area contributed by atoms with E-state index < -0.39 is 24.9 Å². The lowest BCUT2D eigenvalue weighted by Crippen LogP contribution is -2.45. The number of hydrogen-bond donors (Lipinski definition) is 5. The maximum Gasteiger partial charge on any atom is 0.164 e. The maximum absolute atomic E-state index is 10.2. The van der Waals surface area contributed by atoms with E-state index in [9.17, 15) is 4.79 Å². The topological polar surface area (TPSA) is 125 Å². The molecule has 0 bridgehead atoms. The largest absolute Gasteiger partial charge is 0.394 e. The summed E-state index contributed by atoms with van der Waals surface area (Å²) in [5.41, 5.74) is 1.69. The molecular formula is C5H12N2O5. The Kier molecular flexibility index (Phi) is 5.72. The van der Waals surface area contributed by atoms with Gasteiger partial charge in [0, 0.05) is 0 Å². The summed E-state index contributed by atoms with van der Waals surface area (Å²) in [6.45, 7) is -0.667. The molecule has 6 N–H and O–H groups in total. The molecule has 0 aliphatic rings. The van der Waals surface area contributed by atoms with Gasteiger partial charge in [-0.1, -0.05) is 0 Å². The van der Waals surface area contributed by atoms with Crippen LogP contribution in [0.25, 0.3) is 0 Å². The van der Waals surface area contributed by atoms with E-state index in [0.717, 1.165) is 0 Å². The van der Waals surface area contributed by atoms with Crippen LogP contribution in [0.1, 0.15) is 0 Å². The first-order valence-corrected chi connectivity index (χ1v) is 3.21. The Hall–Kier alpha value is -0.570. The van der Waals surface area contributed by atoms with Gasteiger partial charge in [-0.15, -0.1) is 5.59 Å². The lowest BCUT2D eigenvalue weighted by atomic mass is 10.1. The quantitative estimate of drug-likeness (QED) is 0.164.